The molecule has 0 aromatic rings. The van der Waals surface area contributed by atoms with Gasteiger partial charge in [0.1, 0.15) is 0 Å². The molecule has 5 nitrogen and oxygen atoms in total. The van der Waals surface area contributed by atoms with Gasteiger partial charge in [-0.15, -0.1) is 0 Å². The van der Waals surface area contributed by atoms with E-state index in [4.69, 9.17) is 0 Å². The molecule has 0 aliphatic carbocycles. The van der Waals surface area contributed by atoms with Crippen molar-refractivity contribution in [1.82, 2.24) is 9.80 Å². The molecule has 0 saturated carbocycles. The van der Waals surface area contributed by atoms with Crippen LogP contribution < -0.4 is 0 Å². The van der Waals surface area contributed by atoms with Gasteiger partial charge >= 0.3 is 18.1 Å². The highest BCUT2D eigenvalue weighted by Gasteiger charge is 2.73. The third kappa shape index (κ3) is 2.24. The van der Waals surface area contributed by atoms with Gasteiger partial charge in [-0.05, 0) is 0 Å². The van der Waals surface area contributed by atoms with Crippen LogP contribution in [0.15, 0.2) is 0 Å². The molecular weight excluding hydrogens is 260 g/mol. The minimum absolute atomic E-state index is 0.188. The molecule has 0 atom stereocenters. The third-order valence-corrected chi connectivity index (χ3v) is 2.54. The zero-order valence-electron chi connectivity index (χ0n) is 9.96. The van der Waals surface area contributed by atoms with E-state index in [0.29, 0.717) is 0 Å². The number of hydrogen-bond acceptors (Lipinski definition) is 3. The number of carbonyl (C=O) groups excluding carboxylic acids is 1. The summed E-state index contributed by atoms with van der Waals surface area (Å²) in [6.07, 6.45) is 0. The molecule has 0 aromatic heterocycles. The van der Waals surface area contributed by atoms with Crippen molar-refractivity contribution in [3.8, 4) is 0 Å². The van der Waals surface area contributed by atoms with Gasteiger partial charge in [0.2, 0.25) is 0 Å². The SMILES string of the molecule is COCCN1C(=O)N(CCOC)C(F)(F)C1(F)F. The smallest absolute Gasteiger partial charge is 0.383 e. The summed E-state index contributed by atoms with van der Waals surface area (Å²) in [5, 5.41) is 0. The average Bonchev–Trinajstić information content (AvgIpc) is 2.40. The Labute approximate surface area is 101 Å². The highest BCUT2D eigenvalue weighted by molar-refractivity contribution is 5.78. The molecule has 106 valence electrons. The Morgan fingerprint density at radius 2 is 1.28 bits per heavy atom. The van der Waals surface area contributed by atoms with E-state index in [1.54, 1.807) is 0 Å². The van der Waals surface area contributed by atoms with Crippen LogP contribution in [-0.4, -0.2) is 68.4 Å². The molecule has 0 bridgehead atoms. The van der Waals surface area contributed by atoms with Crippen LogP contribution in [0.4, 0.5) is 22.4 Å². The second kappa shape index (κ2) is 5.27. The summed E-state index contributed by atoms with van der Waals surface area (Å²) < 4.78 is 62.8. The molecule has 0 N–H and O–H groups in total. The predicted octanol–water partition coefficient (Wildman–Crippen LogP) is 1.20. The number of hydrogen-bond donors (Lipinski definition) is 0. The van der Waals surface area contributed by atoms with E-state index in [2.05, 4.69) is 9.47 Å². The Kier molecular flexibility index (Phi) is 4.38. The summed E-state index contributed by atoms with van der Waals surface area (Å²) >= 11 is 0. The second-order valence-corrected chi connectivity index (χ2v) is 3.65. The molecule has 1 saturated heterocycles. The van der Waals surface area contributed by atoms with Crippen molar-refractivity contribution in [2.24, 2.45) is 0 Å². The monoisotopic (exact) mass is 274 g/mol. The Hall–Kier alpha value is -1.09. The van der Waals surface area contributed by atoms with Gasteiger partial charge in [-0.1, -0.05) is 0 Å². The number of urea groups is 1. The summed E-state index contributed by atoms with van der Waals surface area (Å²) in [6.45, 7) is -1.73. The quantitative estimate of drug-likeness (QED) is 0.540. The molecule has 9 heteroatoms. The number of carbonyl (C=O) groups is 1. The van der Waals surface area contributed by atoms with Crippen LogP contribution in [0.3, 0.4) is 0 Å². The lowest BCUT2D eigenvalue weighted by molar-refractivity contribution is -0.283. The van der Waals surface area contributed by atoms with Gasteiger partial charge in [-0.3, -0.25) is 9.80 Å². The lowest BCUT2D eigenvalue weighted by atomic mass is 10.4. The molecule has 0 aromatic carbocycles. The zero-order valence-corrected chi connectivity index (χ0v) is 9.96. The first-order chi connectivity index (χ1) is 8.30. The van der Waals surface area contributed by atoms with Crippen molar-refractivity contribution >= 4 is 6.03 Å². The maximum atomic E-state index is 13.5. The maximum Gasteiger partial charge on any atom is 0.412 e. The van der Waals surface area contributed by atoms with E-state index in [0.717, 1.165) is 0 Å². The van der Waals surface area contributed by atoms with E-state index in [-0.39, 0.29) is 23.0 Å². The summed E-state index contributed by atoms with van der Waals surface area (Å²) in [4.78, 5) is 11.2. The van der Waals surface area contributed by atoms with Crippen LogP contribution in [0.5, 0.6) is 0 Å². The number of rotatable bonds is 6. The van der Waals surface area contributed by atoms with Gasteiger partial charge in [0, 0.05) is 14.2 Å². The number of halogens is 4. The van der Waals surface area contributed by atoms with Gasteiger partial charge in [0.15, 0.2) is 0 Å². The topological polar surface area (TPSA) is 42.0 Å². The molecule has 18 heavy (non-hydrogen) atoms. The molecule has 0 radical (unpaired) electrons. The largest absolute Gasteiger partial charge is 0.412 e. The van der Waals surface area contributed by atoms with Crippen molar-refractivity contribution in [3.05, 3.63) is 0 Å². The van der Waals surface area contributed by atoms with Crippen molar-refractivity contribution in [3.63, 3.8) is 0 Å². The van der Waals surface area contributed by atoms with Crippen LogP contribution in [0.1, 0.15) is 0 Å². The Morgan fingerprint density at radius 1 is 0.944 bits per heavy atom. The highest BCUT2D eigenvalue weighted by atomic mass is 19.3. The molecule has 1 aliphatic heterocycles. The number of methoxy groups -OCH3 is 2. The standard InChI is InChI=1S/C9H14F4N2O3/c1-17-5-3-14-7(16)15(4-6-18-2)9(12,13)8(14,10)11/h3-6H2,1-2H3. The Bertz CT molecular complexity index is 286. The van der Waals surface area contributed by atoms with E-state index in [9.17, 15) is 22.4 Å². The highest BCUT2D eigenvalue weighted by Crippen LogP contribution is 2.46. The third-order valence-electron chi connectivity index (χ3n) is 2.54. The van der Waals surface area contributed by atoms with E-state index in [1.165, 1.54) is 14.2 Å². The lowest BCUT2D eigenvalue weighted by Crippen LogP contribution is -2.51. The maximum absolute atomic E-state index is 13.5. The second-order valence-electron chi connectivity index (χ2n) is 3.65. The van der Waals surface area contributed by atoms with E-state index >= 15 is 0 Å². The summed E-state index contributed by atoms with van der Waals surface area (Å²) in [5.74, 6) is 0. The molecule has 1 rings (SSSR count). The number of nitrogens with zero attached hydrogens (tertiary/aromatic N) is 2. The normalized spacial score (nSPS) is 21.8. The van der Waals surface area contributed by atoms with Crippen molar-refractivity contribution in [1.29, 1.82) is 0 Å². The predicted molar refractivity (Wildman–Crippen MR) is 52.5 cm³/mol. The van der Waals surface area contributed by atoms with Crippen LogP contribution in [0, 0.1) is 0 Å². The first-order valence-electron chi connectivity index (χ1n) is 5.13. The number of ether oxygens (including phenoxy) is 2. The first-order valence-corrected chi connectivity index (χ1v) is 5.13. The first kappa shape index (κ1) is 15.0. The summed E-state index contributed by atoms with van der Waals surface area (Å²) in [7, 11) is 2.44. The number of alkyl halides is 4. The molecule has 2 amide bonds. The zero-order chi connectivity index (χ0) is 14.0. The molecule has 1 fully saturated rings. The lowest BCUT2D eigenvalue weighted by Gasteiger charge is -2.26. The van der Waals surface area contributed by atoms with E-state index < -0.39 is 31.2 Å². The van der Waals surface area contributed by atoms with Crippen LogP contribution >= 0.6 is 0 Å². The van der Waals surface area contributed by atoms with Crippen molar-refractivity contribution in [2.75, 3.05) is 40.5 Å². The van der Waals surface area contributed by atoms with Crippen LogP contribution in [-0.2, 0) is 9.47 Å². The van der Waals surface area contributed by atoms with Gasteiger partial charge in [0.05, 0.1) is 26.3 Å². The van der Waals surface area contributed by atoms with Gasteiger partial charge in [0.25, 0.3) is 0 Å². The summed E-state index contributed by atoms with van der Waals surface area (Å²) in [6, 6.07) is -10.5. The van der Waals surface area contributed by atoms with Crippen molar-refractivity contribution < 1.29 is 31.8 Å². The van der Waals surface area contributed by atoms with Crippen LogP contribution in [0.25, 0.3) is 0 Å². The Balaban J connectivity index is 2.92. The fourth-order valence-corrected chi connectivity index (χ4v) is 1.55. The molecular formula is C9H14F4N2O3. The van der Waals surface area contributed by atoms with Crippen LogP contribution in [0.2, 0.25) is 0 Å². The fourth-order valence-electron chi connectivity index (χ4n) is 1.55. The van der Waals surface area contributed by atoms with Gasteiger partial charge in [-0.2, -0.15) is 17.6 Å². The summed E-state index contributed by atoms with van der Waals surface area (Å²) in [5.41, 5.74) is 0. The molecule has 1 heterocycles. The van der Waals surface area contributed by atoms with Crippen molar-refractivity contribution in [2.45, 2.75) is 12.1 Å². The minimum Gasteiger partial charge on any atom is -0.383 e. The van der Waals surface area contributed by atoms with Gasteiger partial charge < -0.3 is 9.47 Å². The van der Waals surface area contributed by atoms with E-state index in [1.807, 2.05) is 0 Å². The molecule has 0 unspecified atom stereocenters. The fraction of sp³-hybridized carbons (Fsp3) is 0.889. The number of amides is 2. The van der Waals surface area contributed by atoms with Gasteiger partial charge in [-0.25, -0.2) is 4.79 Å². The average molecular weight is 274 g/mol. The molecule has 0 spiro atoms. The Morgan fingerprint density at radius 3 is 1.56 bits per heavy atom. The minimum atomic E-state index is -4.56. The molecule has 1 aliphatic rings.